The third-order valence-electron chi connectivity index (χ3n) is 3.60. The highest BCUT2D eigenvalue weighted by atomic mass is 19.4. The Bertz CT molecular complexity index is 1010. The molecule has 0 unspecified atom stereocenters. The van der Waals surface area contributed by atoms with Gasteiger partial charge in [0.15, 0.2) is 0 Å². The summed E-state index contributed by atoms with van der Waals surface area (Å²) in [6, 6.07) is 15.5. The predicted molar refractivity (Wildman–Crippen MR) is 95.9 cm³/mol. The third-order valence-corrected chi connectivity index (χ3v) is 3.60. The van der Waals surface area contributed by atoms with Crippen molar-refractivity contribution in [1.82, 2.24) is 9.97 Å². The summed E-state index contributed by atoms with van der Waals surface area (Å²) >= 11 is 0. The van der Waals surface area contributed by atoms with Crippen LogP contribution in [0.25, 0.3) is 0 Å². The van der Waals surface area contributed by atoms with Gasteiger partial charge < -0.3 is 10.6 Å². The number of rotatable bonds is 4. The molecule has 1 heterocycles. The first-order valence-electron chi connectivity index (χ1n) is 7.91. The van der Waals surface area contributed by atoms with Gasteiger partial charge in [0.25, 0.3) is 0 Å². The van der Waals surface area contributed by atoms with Crippen molar-refractivity contribution in [3.8, 4) is 6.07 Å². The maximum atomic E-state index is 13.2. The second kappa shape index (κ2) is 7.33. The molecular formula is C19H14F3N5. The Labute approximate surface area is 153 Å². The van der Waals surface area contributed by atoms with E-state index in [1.807, 2.05) is 6.07 Å². The molecule has 5 nitrogen and oxygen atoms in total. The van der Waals surface area contributed by atoms with E-state index in [-0.39, 0.29) is 17.5 Å². The molecule has 3 aromatic rings. The van der Waals surface area contributed by atoms with Gasteiger partial charge in [-0.15, -0.1) is 0 Å². The van der Waals surface area contributed by atoms with Crippen molar-refractivity contribution < 1.29 is 13.2 Å². The van der Waals surface area contributed by atoms with E-state index in [4.69, 9.17) is 5.26 Å². The summed E-state index contributed by atoms with van der Waals surface area (Å²) in [4.78, 5) is 8.45. The number of nitrogens with one attached hydrogen (secondary N) is 2. The van der Waals surface area contributed by atoms with Crippen LogP contribution in [0.5, 0.6) is 0 Å². The molecule has 0 atom stereocenters. The van der Waals surface area contributed by atoms with Crippen molar-refractivity contribution in [2.75, 3.05) is 10.6 Å². The highest BCUT2D eigenvalue weighted by Crippen LogP contribution is 2.35. The molecule has 3 rings (SSSR count). The minimum atomic E-state index is -4.48. The van der Waals surface area contributed by atoms with Crippen molar-refractivity contribution in [2.24, 2.45) is 0 Å². The Hall–Kier alpha value is -3.60. The van der Waals surface area contributed by atoms with Gasteiger partial charge in [-0.2, -0.15) is 23.4 Å². The van der Waals surface area contributed by atoms with Gasteiger partial charge in [-0.1, -0.05) is 18.2 Å². The first-order valence-corrected chi connectivity index (χ1v) is 7.91. The maximum Gasteiger partial charge on any atom is 0.418 e. The van der Waals surface area contributed by atoms with E-state index >= 15 is 0 Å². The monoisotopic (exact) mass is 369 g/mol. The van der Waals surface area contributed by atoms with E-state index in [1.54, 1.807) is 37.3 Å². The molecule has 27 heavy (non-hydrogen) atoms. The van der Waals surface area contributed by atoms with Crippen LogP contribution < -0.4 is 10.6 Å². The molecule has 0 aliphatic rings. The third kappa shape index (κ3) is 4.52. The van der Waals surface area contributed by atoms with Gasteiger partial charge in [-0.3, -0.25) is 0 Å². The average molecular weight is 369 g/mol. The highest BCUT2D eigenvalue weighted by molar-refractivity contribution is 5.64. The Morgan fingerprint density at radius 2 is 1.74 bits per heavy atom. The number of hydrogen-bond donors (Lipinski definition) is 2. The molecule has 0 amide bonds. The molecule has 2 N–H and O–H groups in total. The number of hydrogen-bond acceptors (Lipinski definition) is 5. The van der Waals surface area contributed by atoms with Crippen LogP contribution in [0.3, 0.4) is 0 Å². The van der Waals surface area contributed by atoms with Crippen LogP contribution in [-0.2, 0) is 6.18 Å². The molecule has 0 radical (unpaired) electrons. The zero-order valence-electron chi connectivity index (χ0n) is 14.2. The van der Waals surface area contributed by atoms with E-state index in [0.717, 1.165) is 6.07 Å². The Morgan fingerprint density at radius 3 is 2.48 bits per heavy atom. The molecule has 0 saturated heterocycles. The summed E-state index contributed by atoms with van der Waals surface area (Å²) in [6.45, 7) is 1.71. The van der Waals surface area contributed by atoms with Crippen LogP contribution >= 0.6 is 0 Å². The van der Waals surface area contributed by atoms with Crippen LogP contribution in [0.15, 0.2) is 54.6 Å². The van der Waals surface area contributed by atoms with Crippen molar-refractivity contribution in [3.63, 3.8) is 0 Å². The van der Waals surface area contributed by atoms with Crippen molar-refractivity contribution in [2.45, 2.75) is 13.1 Å². The van der Waals surface area contributed by atoms with Crippen LogP contribution in [0.1, 0.15) is 16.8 Å². The van der Waals surface area contributed by atoms with Gasteiger partial charge in [0, 0.05) is 17.4 Å². The largest absolute Gasteiger partial charge is 0.418 e. The molecular weight excluding hydrogens is 355 g/mol. The lowest BCUT2D eigenvalue weighted by molar-refractivity contribution is -0.136. The van der Waals surface area contributed by atoms with Gasteiger partial charge in [0.1, 0.15) is 5.82 Å². The number of benzene rings is 2. The fourth-order valence-corrected chi connectivity index (χ4v) is 2.46. The fraction of sp³-hybridized carbons (Fsp3) is 0.105. The second-order valence-corrected chi connectivity index (χ2v) is 5.70. The Balaban J connectivity index is 1.90. The molecule has 1 aromatic heterocycles. The number of aromatic nitrogens is 2. The minimum Gasteiger partial charge on any atom is -0.340 e. The van der Waals surface area contributed by atoms with Crippen LogP contribution in [-0.4, -0.2) is 9.97 Å². The number of anilines is 4. The molecule has 8 heteroatoms. The molecule has 0 aliphatic carbocycles. The van der Waals surface area contributed by atoms with Gasteiger partial charge in [-0.25, -0.2) is 4.98 Å². The van der Waals surface area contributed by atoms with Gasteiger partial charge in [0.05, 0.1) is 22.9 Å². The molecule has 2 aromatic carbocycles. The summed E-state index contributed by atoms with van der Waals surface area (Å²) in [7, 11) is 0. The van der Waals surface area contributed by atoms with E-state index < -0.39 is 11.7 Å². The fourth-order valence-electron chi connectivity index (χ4n) is 2.46. The lowest BCUT2D eigenvalue weighted by Gasteiger charge is -2.15. The zero-order valence-corrected chi connectivity index (χ0v) is 14.2. The molecule has 0 bridgehead atoms. The molecule has 136 valence electrons. The minimum absolute atomic E-state index is 0.0967. The van der Waals surface area contributed by atoms with Crippen LogP contribution in [0.4, 0.5) is 36.3 Å². The van der Waals surface area contributed by atoms with Gasteiger partial charge in [-0.05, 0) is 37.3 Å². The summed E-state index contributed by atoms with van der Waals surface area (Å²) < 4.78 is 39.5. The predicted octanol–water partition coefficient (Wildman–Crippen LogP) is 5.16. The van der Waals surface area contributed by atoms with Crippen molar-refractivity contribution in [1.29, 1.82) is 5.26 Å². The second-order valence-electron chi connectivity index (χ2n) is 5.70. The summed E-state index contributed by atoms with van der Waals surface area (Å²) in [6.07, 6.45) is -4.48. The summed E-state index contributed by atoms with van der Waals surface area (Å²) in [5.74, 6) is 0.426. The number of alkyl halides is 3. The average Bonchev–Trinajstić information content (AvgIpc) is 2.61. The quantitative estimate of drug-likeness (QED) is 0.664. The zero-order chi connectivity index (χ0) is 19.4. The smallest absolute Gasteiger partial charge is 0.340 e. The topological polar surface area (TPSA) is 73.6 Å². The number of nitrogens with zero attached hydrogens (tertiary/aromatic N) is 3. The number of aryl methyl sites for hydroxylation is 1. The van der Waals surface area contributed by atoms with E-state index in [9.17, 15) is 13.2 Å². The molecule has 0 fully saturated rings. The van der Waals surface area contributed by atoms with E-state index in [0.29, 0.717) is 16.9 Å². The number of nitriles is 1. The van der Waals surface area contributed by atoms with Crippen LogP contribution in [0.2, 0.25) is 0 Å². The van der Waals surface area contributed by atoms with Gasteiger partial charge >= 0.3 is 6.18 Å². The number of para-hydroxylation sites is 1. The molecule has 0 spiro atoms. The van der Waals surface area contributed by atoms with E-state index in [2.05, 4.69) is 20.6 Å². The molecule has 0 aliphatic heterocycles. The summed E-state index contributed by atoms with van der Waals surface area (Å²) in [5, 5.41) is 14.6. The van der Waals surface area contributed by atoms with Crippen molar-refractivity contribution in [3.05, 3.63) is 71.4 Å². The van der Waals surface area contributed by atoms with Crippen LogP contribution in [0, 0.1) is 18.3 Å². The molecule has 0 saturated carbocycles. The highest BCUT2D eigenvalue weighted by Gasteiger charge is 2.33. The Morgan fingerprint density at radius 1 is 0.963 bits per heavy atom. The first kappa shape index (κ1) is 18.2. The summed E-state index contributed by atoms with van der Waals surface area (Å²) in [5.41, 5.74) is 0.750. The maximum absolute atomic E-state index is 13.2. The van der Waals surface area contributed by atoms with Crippen molar-refractivity contribution >= 4 is 23.1 Å². The van der Waals surface area contributed by atoms with Gasteiger partial charge in [0.2, 0.25) is 5.95 Å². The standard InChI is InChI=1S/C19H14F3N5/c1-12-9-17(26-16-8-3-2-7-15(16)19(20,21)22)27-18(24-12)25-14-6-4-5-13(10-14)11-23/h2-10H,1H3,(H2,24,25,26,27). The first-order chi connectivity index (χ1) is 12.8. The Kier molecular flexibility index (Phi) is 4.94. The number of halogens is 3. The SMILES string of the molecule is Cc1cc(Nc2ccccc2C(F)(F)F)nc(Nc2cccc(C#N)c2)n1. The van der Waals surface area contributed by atoms with E-state index in [1.165, 1.54) is 18.2 Å². The lowest BCUT2D eigenvalue weighted by atomic mass is 10.1. The normalized spacial score (nSPS) is 10.9. The lowest BCUT2D eigenvalue weighted by Crippen LogP contribution is -2.09.